The molecule has 0 radical (unpaired) electrons. The number of amides is 2. The summed E-state index contributed by atoms with van der Waals surface area (Å²) >= 11 is 0. The van der Waals surface area contributed by atoms with Gasteiger partial charge in [-0.25, -0.2) is 9.18 Å². The number of benzene rings is 1. The highest BCUT2D eigenvalue weighted by Crippen LogP contribution is 2.32. The minimum atomic E-state index is -4.61. The van der Waals surface area contributed by atoms with Crippen LogP contribution in [0.4, 0.5) is 22.4 Å². The minimum absolute atomic E-state index is 0.136. The summed E-state index contributed by atoms with van der Waals surface area (Å²) in [6, 6.07) is 2.33. The minimum Gasteiger partial charge on any atom is -0.374 e. The average molecular weight is 459 g/mol. The molecule has 0 saturated carbocycles. The monoisotopic (exact) mass is 458 g/mol. The standard InChI is InChI=1S/C23H34F4N4O/c1-16(18-12-19(23(25,26)27)14-20(24)13-18)30(5)15-17-6-9-31(10-7-17)11-8-28-21(32)29-22(2,3)4/h12-14,17H,1,6-11,15H2,2-5H3,(H2,28,29,32). The van der Waals surface area contributed by atoms with Crippen LogP contribution in [-0.4, -0.2) is 61.1 Å². The fraction of sp³-hybridized carbons (Fsp3) is 0.609. The second kappa shape index (κ2) is 10.6. The van der Waals surface area contributed by atoms with Crippen molar-refractivity contribution >= 4 is 11.7 Å². The Bertz CT molecular complexity index is 796. The number of carbonyl (C=O) groups is 1. The van der Waals surface area contributed by atoms with Crippen molar-refractivity contribution in [2.45, 2.75) is 45.3 Å². The molecule has 1 aromatic carbocycles. The van der Waals surface area contributed by atoms with Gasteiger partial charge in [-0.3, -0.25) is 0 Å². The Kier molecular flexibility index (Phi) is 8.56. The third kappa shape index (κ3) is 8.33. The van der Waals surface area contributed by atoms with Crippen LogP contribution in [0.3, 0.4) is 0 Å². The molecule has 2 N–H and O–H groups in total. The predicted molar refractivity (Wildman–Crippen MR) is 119 cm³/mol. The summed E-state index contributed by atoms with van der Waals surface area (Å²) in [5, 5.41) is 5.72. The first kappa shape index (κ1) is 26.0. The lowest BCUT2D eigenvalue weighted by atomic mass is 9.95. The van der Waals surface area contributed by atoms with Crippen molar-refractivity contribution < 1.29 is 22.4 Å². The maximum absolute atomic E-state index is 13.7. The molecular weight excluding hydrogens is 424 g/mol. The zero-order valence-corrected chi connectivity index (χ0v) is 19.3. The third-order valence-electron chi connectivity index (χ3n) is 5.46. The lowest BCUT2D eigenvalue weighted by Gasteiger charge is -2.35. The van der Waals surface area contributed by atoms with Crippen molar-refractivity contribution in [3.05, 3.63) is 41.7 Å². The van der Waals surface area contributed by atoms with Crippen molar-refractivity contribution in [3.8, 4) is 0 Å². The number of rotatable bonds is 7. The Balaban J connectivity index is 1.79. The van der Waals surface area contributed by atoms with Gasteiger partial charge in [0.25, 0.3) is 0 Å². The van der Waals surface area contributed by atoms with E-state index in [0.29, 0.717) is 30.8 Å². The maximum Gasteiger partial charge on any atom is 0.416 e. The Morgan fingerprint density at radius 2 is 1.81 bits per heavy atom. The van der Waals surface area contributed by atoms with Crippen LogP contribution < -0.4 is 10.6 Å². The number of nitrogens with one attached hydrogen (secondary N) is 2. The van der Waals surface area contributed by atoms with Gasteiger partial charge < -0.3 is 20.4 Å². The number of likely N-dealkylation sites (tertiary alicyclic amines) is 1. The predicted octanol–water partition coefficient (Wildman–Crippen LogP) is 4.56. The highest BCUT2D eigenvalue weighted by molar-refractivity contribution is 5.74. The maximum atomic E-state index is 13.7. The van der Waals surface area contributed by atoms with Crippen molar-refractivity contribution in [1.82, 2.24) is 20.4 Å². The van der Waals surface area contributed by atoms with E-state index >= 15 is 0 Å². The van der Waals surface area contributed by atoms with Gasteiger partial charge in [0.2, 0.25) is 0 Å². The van der Waals surface area contributed by atoms with Gasteiger partial charge in [0, 0.05) is 43.5 Å². The average Bonchev–Trinajstić information content (AvgIpc) is 2.66. The first-order valence-corrected chi connectivity index (χ1v) is 10.8. The van der Waals surface area contributed by atoms with E-state index in [2.05, 4.69) is 22.1 Å². The second-order valence-electron chi connectivity index (χ2n) is 9.47. The van der Waals surface area contributed by atoms with Crippen LogP contribution in [0.5, 0.6) is 0 Å². The van der Waals surface area contributed by atoms with Crippen LogP contribution in [-0.2, 0) is 6.18 Å². The van der Waals surface area contributed by atoms with Crippen molar-refractivity contribution in [1.29, 1.82) is 0 Å². The molecule has 0 atom stereocenters. The summed E-state index contributed by atoms with van der Waals surface area (Å²) in [4.78, 5) is 15.9. The molecule has 0 aromatic heterocycles. The number of nitrogens with zero attached hydrogens (tertiary/aromatic N) is 2. The van der Waals surface area contributed by atoms with Crippen molar-refractivity contribution in [3.63, 3.8) is 0 Å². The largest absolute Gasteiger partial charge is 0.416 e. The summed E-state index contributed by atoms with van der Waals surface area (Å²) in [5.41, 5.74) is -0.790. The second-order valence-corrected chi connectivity index (χ2v) is 9.47. The van der Waals surface area contributed by atoms with E-state index in [4.69, 9.17) is 0 Å². The molecule has 1 aliphatic rings. The van der Waals surface area contributed by atoms with E-state index in [-0.39, 0.29) is 17.1 Å². The normalized spacial score (nSPS) is 16.0. The van der Waals surface area contributed by atoms with Gasteiger partial charge in [-0.1, -0.05) is 6.58 Å². The van der Waals surface area contributed by atoms with Crippen LogP contribution in [0.2, 0.25) is 0 Å². The SMILES string of the molecule is C=C(c1cc(F)cc(C(F)(F)F)c1)N(C)CC1CCN(CCNC(=O)NC(C)(C)C)CC1. The molecule has 2 amide bonds. The molecule has 1 aliphatic heterocycles. The smallest absolute Gasteiger partial charge is 0.374 e. The first-order chi connectivity index (χ1) is 14.7. The number of carbonyl (C=O) groups excluding carboxylic acids is 1. The molecule has 1 fully saturated rings. The molecule has 1 saturated heterocycles. The molecule has 1 aromatic rings. The fourth-order valence-corrected chi connectivity index (χ4v) is 3.74. The van der Waals surface area contributed by atoms with Gasteiger partial charge in [0.05, 0.1) is 5.56 Å². The van der Waals surface area contributed by atoms with Gasteiger partial charge in [0.1, 0.15) is 5.82 Å². The summed E-state index contributed by atoms with van der Waals surface area (Å²) < 4.78 is 52.7. The Labute approximate surface area is 187 Å². The lowest BCUT2D eigenvalue weighted by molar-refractivity contribution is -0.137. The van der Waals surface area contributed by atoms with Crippen LogP contribution in [0, 0.1) is 11.7 Å². The van der Waals surface area contributed by atoms with Gasteiger partial charge in [-0.2, -0.15) is 13.2 Å². The molecule has 180 valence electrons. The number of urea groups is 1. The van der Waals surface area contributed by atoms with E-state index in [1.807, 2.05) is 20.8 Å². The van der Waals surface area contributed by atoms with Gasteiger partial charge in [-0.15, -0.1) is 0 Å². The number of alkyl halides is 3. The van der Waals surface area contributed by atoms with E-state index in [1.165, 1.54) is 0 Å². The first-order valence-electron chi connectivity index (χ1n) is 10.8. The van der Waals surface area contributed by atoms with E-state index in [9.17, 15) is 22.4 Å². The molecule has 1 heterocycles. The molecule has 0 aliphatic carbocycles. The van der Waals surface area contributed by atoms with Crippen LogP contribution in [0.15, 0.2) is 24.8 Å². The van der Waals surface area contributed by atoms with E-state index in [0.717, 1.165) is 44.6 Å². The molecule has 0 unspecified atom stereocenters. The summed E-state index contributed by atoms with van der Waals surface area (Å²) in [7, 11) is 1.77. The molecule has 0 bridgehead atoms. The molecule has 2 rings (SSSR count). The number of hydrogen-bond acceptors (Lipinski definition) is 3. The molecule has 32 heavy (non-hydrogen) atoms. The third-order valence-corrected chi connectivity index (χ3v) is 5.46. The van der Waals surface area contributed by atoms with Crippen molar-refractivity contribution in [2.24, 2.45) is 5.92 Å². The van der Waals surface area contributed by atoms with Crippen molar-refractivity contribution in [2.75, 3.05) is 39.8 Å². The Hall–Kier alpha value is -2.29. The highest BCUT2D eigenvalue weighted by Gasteiger charge is 2.32. The molecule has 5 nitrogen and oxygen atoms in total. The summed E-state index contributed by atoms with van der Waals surface area (Å²) in [5.74, 6) is -0.566. The van der Waals surface area contributed by atoms with Gasteiger partial charge >= 0.3 is 12.2 Å². The van der Waals surface area contributed by atoms with Gasteiger partial charge in [-0.05, 0) is 70.8 Å². The highest BCUT2D eigenvalue weighted by atomic mass is 19.4. The molecule has 0 spiro atoms. The fourth-order valence-electron chi connectivity index (χ4n) is 3.74. The van der Waals surface area contributed by atoms with Crippen LogP contribution in [0.1, 0.15) is 44.7 Å². The van der Waals surface area contributed by atoms with E-state index < -0.39 is 17.6 Å². The number of halogens is 4. The topological polar surface area (TPSA) is 47.6 Å². The Morgan fingerprint density at radius 1 is 1.19 bits per heavy atom. The van der Waals surface area contributed by atoms with E-state index in [1.54, 1.807) is 11.9 Å². The Morgan fingerprint density at radius 3 is 2.38 bits per heavy atom. The summed E-state index contributed by atoms with van der Waals surface area (Å²) in [6.45, 7) is 13.4. The summed E-state index contributed by atoms with van der Waals surface area (Å²) in [6.07, 6.45) is -2.74. The zero-order valence-electron chi connectivity index (χ0n) is 19.3. The van der Waals surface area contributed by atoms with Crippen LogP contribution >= 0.6 is 0 Å². The quantitative estimate of drug-likeness (QED) is 0.589. The van der Waals surface area contributed by atoms with Gasteiger partial charge in [0.15, 0.2) is 0 Å². The zero-order chi connectivity index (χ0) is 24.1. The molecular formula is C23H34F4N4O. The lowest BCUT2D eigenvalue weighted by Crippen LogP contribution is -2.48. The van der Waals surface area contributed by atoms with Crippen LogP contribution in [0.25, 0.3) is 5.70 Å². The number of piperidine rings is 1. The number of hydrogen-bond donors (Lipinski definition) is 2. The molecule has 9 heteroatoms.